The van der Waals surface area contributed by atoms with Crippen molar-refractivity contribution in [1.29, 1.82) is 0 Å². The molecule has 0 radical (unpaired) electrons. The van der Waals surface area contributed by atoms with Crippen molar-refractivity contribution < 1.29 is 14.3 Å². The Morgan fingerprint density at radius 1 is 1.35 bits per heavy atom. The highest BCUT2D eigenvalue weighted by Gasteiger charge is 2.26. The number of anilines is 2. The van der Waals surface area contributed by atoms with Gasteiger partial charge in [-0.25, -0.2) is 0 Å². The molecule has 1 heterocycles. The average molecular weight is 319 g/mol. The maximum Gasteiger partial charge on any atom is 0.309 e. The van der Waals surface area contributed by atoms with Crippen LogP contribution < -0.4 is 11.1 Å². The van der Waals surface area contributed by atoms with E-state index in [9.17, 15) is 9.59 Å². The Kier molecular flexibility index (Phi) is 5.98. The summed E-state index contributed by atoms with van der Waals surface area (Å²) in [7, 11) is 0. The minimum atomic E-state index is -0.119. The van der Waals surface area contributed by atoms with Gasteiger partial charge in [-0.15, -0.1) is 0 Å². The van der Waals surface area contributed by atoms with Crippen LogP contribution in [0.4, 0.5) is 11.4 Å². The Labute approximate surface area is 137 Å². The van der Waals surface area contributed by atoms with Gasteiger partial charge in [-0.2, -0.15) is 0 Å². The molecule has 1 amide bonds. The number of benzene rings is 1. The van der Waals surface area contributed by atoms with Gasteiger partial charge in [0.25, 0.3) is 0 Å². The van der Waals surface area contributed by atoms with E-state index in [4.69, 9.17) is 10.5 Å². The van der Waals surface area contributed by atoms with Crippen LogP contribution in [0.1, 0.15) is 25.3 Å². The van der Waals surface area contributed by atoms with E-state index in [1.807, 2.05) is 26.0 Å². The molecule has 1 aromatic carbocycles. The van der Waals surface area contributed by atoms with E-state index in [0.717, 1.165) is 37.2 Å². The van der Waals surface area contributed by atoms with E-state index >= 15 is 0 Å². The summed E-state index contributed by atoms with van der Waals surface area (Å²) in [4.78, 5) is 25.9. The third kappa shape index (κ3) is 4.96. The fourth-order valence-electron chi connectivity index (χ4n) is 2.75. The Bertz CT molecular complexity index is 566. The van der Waals surface area contributed by atoms with E-state index < -0.39 is 0 Å². The number of likely N-dealkylation sites (tertiary alicyclic amines) is 1. The molecule has 3 N–H and O–H groups in total. The molecule has 0 atom stereocenters. The number of carbonyl (C=O) groups excluding carboxylic acids is 2. The molecular formula is C17H25N3O3. The summed E-state index contributed by atoms with van der Waals surface area (Å²) in [6.45, 7) is 5.94. The van der Waals surface area contributed by atoms with Crippen LogP contribution in [0.3, 0.4) is 0 Å². The first-order chi connectivity index (χ1) is 11.0. The highest BCUT2D eigenvalue weighted by atomic mass is 16.5. The number of hydrogen-bond acceptors (Lipinski definition) is 5. The molecule has 126 valence electrons. The van der Waals surface area contributed by atoms with E-state index in [1.54, 1.807) is 6.07 Å². The molecule has 0 aliphatic carbocycles. The Morgan fingerprint density at radius 3 is 2.70 bits per heavy atom. The van der Waals surface area contributed by atoms with Gasteiger partial charge in [0.05, 0.1) is 19.1 Å². The van der Waals surface area contributed by atoms with Gasteiger partial charge in [-0.1, -0.05) is 6.07 Å². The second-order valence-corrected chi connectivity index (χ2v) is 5.93. The van der Waals surface area contributed by atoms with Gasteiger partial charge < -0.3 is 15.8 Å². The van der Waals surface area contributed by atoms with Crippen LogP contribution in [0.25, 0.3) is 0 Å². The first-order valence-electron chi connectivity index (χ1n) is 8.04. The summed E-state index contributed by atoms with van der Waals surface area (Å²) in [5, 5.41) is 2.90. The number of carbonyl (C=O) groups is 2. The molecule has 2 rings (SSSR count). The number of piperidine rings is 1. The predicted octanol–water partition coefficient (Wildman–Crippen LogP) is 1.79. The molecule has 0 spiro atoms. The topological polar surface area (TPSA) is 84.7 Å². The maximum atomic E-state index is 12.2. The van der Waals surface area contributed by atoms with Crippen molar-refractivity contribution in [3.05, 3.63) is 23.8 Å². The lowest BCUT2D eigenvalue weighted by molar-refractivity contribution is -0.149. The number of rotatable bonds is 5. The van der Waals surface area contributed by atoms with Crippen molar-refractivity contribution in [1.82, 2.24) is 4.90 Å². The zero-order chi connectivity index (χ0) is 16.8. The van der Waals surface area contributed by atoms with Crippen LogP contribution in [0.2, 0.25) is 0 Å². The van der Waals surface area contributed by atoms with Crippen LogP contribution in [-0.4, -0.2) is 43.0 Å². The molecule has 1 aliphatic rings. The van der Waals surface area contributed by atoms with Gasteiger partial charge in [-0.05, 0) is 57.5 Å². The number of hydrogen-bond donors (Lipinski definition) is 2. The second kappa shape index (κ2) is 7.97. The van der Waals surface area contributed by atoms with Crippen molar-refractivity contribution in [2.75, 3.05) is 37.3 Å². The zero-order valence-electron chi connectivity index (χ0n) is 13.8. The van der Waals surface area contributed by atoms with Gasteiger partial charge in [-0.3, -0.25) is 14.5 Å². The molecule has 0 unspecified atom stereocenters. The molecule has 0 bridgehead atoms. The number of nitrogens with zero attached hydrogens (tertiary/aromatic N) is 1. The van der Waals surface area contributed by atoms with Crippen LogP contribution in [0.15, 0.2) is 18.2 Å². The quantitative estimate of drug-likeness (QED) is 0.638. The first kappa shape index (κ1) is 17.3. The minimum absolute atomic E-state index is 0.0366. The summed E-state index contributed by atoms with van der Waals surface area (Å²) < 4.78 is 5.05. The molecule has 23 heavy (non-hydrogen) atoms. The highest BCUT2D eigenvalue weighted by molar-refractivity contribution is 5.93. The predicted molar refractivity (Wildman–Crippen MR) is 90.0 cm³/mol. The lowest BCUT2D eigenvalue weighted by Gasteiger charge is -2.30. The van der Waals surface area contributed by atoms with Crippen molar-refractivity contribution in [2.24, 2.45) is 5.92 Å². The molecule has 0 saturated carbocycles. The van der Waals surface area contributed by atoms with Gasteiger partial charge in [0, 0.05) is 11.4 Å². The molecule has 1 saturated heterocycles. The van der Waals surface area contributed by atoms with Crippen molar-refractivity contribution in [2.45, 2.75) is 26.7 Å². The van der Waals surface area contributed by atoms with Gasteiger partial charge in [0.2, 0.25) is 5.91 Å². The lowest BCUT2D eigenvalue weighted by Crippen LogP contribution is -2.41. The first-order valence-corrected chi connectivity index (χ1v) is 8.04. The number of nitrogens with two attached hydrogens (primary N) is 1. The molecule has 6 nitrogen and oxygen atoms in total. The number of ether oxygens (including phenoxy) is 1. The maximum absolute atomic E-state index is 12.2. The van der Waals surface area contributed by atoms with E-state index in [-0.39, 0.29) is 17.8 Å². The minimum Gasteiger partial charge on any atom is -0.466 e. The Balaban J connectivity index is 1.81. The lowest BCUT2D eigenvalue weighted by atomic mass is 9.97. The third-order valence-corrected chi connectivity index (χ3v) is 4.11. The Hall–Kier alpha value is -2.08. The van der Waals surface area contributed by atoms with Crippen LogP contribution in [-0.2, 0) is 14.3 Å². The molecular weight excluding hydrogens is 294 g/mol. The standard InChI is InChI=1S/C17H25N3O3/c1-3-23-17(22)13-6-8-20(9-7-13)11-16(21)19-15-10-14(18)5-4-12(15)2/h4-5,10,13H,3,6-9,11,18H2,1-2H3,(H,19,21). The van der Waals surface area contributed by atoms with E-state index in [0.29, 0.717) is 18.8 Å². The number of nitrogens with one attached hydrogen (secondary N) is 1. The van der Waals surface area contributed by atoms with Gasteiger partial charge in [0.15, 0.2) is 0 Å². The van der Waals surface area contributed by atoms with E-state index in [1.165, 1.54) is 0 Å². The van der Waals surface area contributed by atoms with Crippen molar-refractivity contribution >= 4 is 23.3 Å². The second-order valence-electron chi connectivity index (χ2n) is 5.93. The summed E-state index contributed by atoms with van der Waals surface area (Å²) in [5.74, 6) is -0.217. The van der Waals surface area contributed by atoms with Gasteiger partial charge >= 0.3 is 5.97 Å². The molecule has 1 aromatic rings. The van der Waals surface area contributed by atoms with Crippen molar-refractivity contribution in [3.63, 3.8) is 0 Å². The SMILES string of the molecule is CCOC(=O)C1CCN(CC(=O)Nc2cc(N)ccc2C)CC1. The molecule has 6 heteroatoms. The normalized spacial score (nSPS) is 16.1. The van der Waals surface area contributed by atoms with E-state index in [2.05, 4.69) is 10.2 Å². The third-order valence-electron chi connectivity index (χ3n) is 4.11. The van der Waals surface area contributed by atoms with Gasteiger partial charge in [0.1, 0.15) is 0 Å². The summed E-state index contributed by atoms with van der Waals surface area (Å²) >= 11 is 0. The van der Waals surface area contributed by atoms with Crippen LogP contribution >= 0.6 is 0 Å². The average Bonchev–Trinajstić information content (AvgIpc) is 2.52. The Morgan fingerprint density at radius 2 is 2.04 bits per heavy atom. The summed E-state index contributed by atoms with van der Waals surface area (Å²) in [5.41, 5.74) is 8.10. The zero-order valence-corrected chi connectivity index (χ0v) is 13.8. The largest absolute Gasteiger partial charge is 0.466 e. The summed E-state index contributed by atoms with van der Waals surface area (Å²) in [6, 6.07) is 5.46. The smallest absolute Gasteiger partial charge is 0.309 e. The molecule has 1 fully saturated rings. The van der Waals surface area contributed by atoms with Crippen LogP contribution in [0, 0.1) is 12.8 Å². The number of aryl methyl sites for hydroxylation is 1. The number of amides is 1. The number of esters is 1. The molecule has 1 aliphatic heterocycles. The van der Waals surface area contributed by atoms with Crippen molar-refractivity contribution in [3.8, 4) is 0 Å². The van der Waals surface area contributed by atoms with Crippen LogP contribution in [0.5, 0.6) is 0 Å². The highest BCUT2D eigenvalue weighted by Crippen LogP contribution is 2.20. The monoisotopic (exact) mass is 319 g/mol. The fraction of sp³-hybridized carbons (Fsp3) is 0.529. The summed E-state index contributed by atoms with van der Waals surface area (Å²) in [6.07, 6.45) is 1.48. The molecule has 0 aromatic heterocycles. The number of nitrogen functional groups attached to an aromatic ring is 1. The fourth-order valence-corrected chi connectivity index (χ4v) is 2.75.